The van der Waals surface area contributed by atoms with Gasteiger partial charge >= 0.3 is 0 Å². The van der Waals surface area contributed by atoms with E-state index in [0.29, 0.717) is 5.82 Å². The number of likely N-dealkylation sites (tertiary alicyclic amines) is 1. The Balaban J connectivity index is 1.51. The van der Waals surface area contributed by atoms with Crippen LogP contribution >= 0.6 is 0 Å². The molecule has 132 valence electrons. The standard InChI is InChI=1S/C18H22FN5O/c1-13(23-9-6-18(17(23)25)4-7-20-8-5-18)14-2-3-16(21-10-14)24-12-15(19)11-22-24/h2-3,10-13,20H,4-9H2,1H3. The quantitative estimate of drug-likeness (QED) is 0.927. The zero-order valence-electron chi connectivity index (χ0n) is 14.3. The molecular formula is C18H22FN5O. The highest BCUT2D eigenvalue weighted by molar-refractivity contribution is 5.85. The van der Waals surface area contributed by atoms with Crippen molar-refractivity contribution in [3.63, 3.8) is 0 Å². The Hall–Kier alpha value is -2.28. The topological polar surface area (TPSA) is 63.1 Å². The molecule has 7 heteroatoms. The van der Waals surface area contributed by atoms with E-state index in [0.717, 1.165) is 50.7 Å². The van der Waals surface area contributed by atoms with Crippen molar-refractivity contribution in [1.82, 2.24) is 25.0 Å². The second kappa shape index (κ2) is 6.22. The van der Waals surface area contributed by atoms with Gasteiger partial charge in [-0.05, 0) is 50.9 Å². The molecule has 1 spiro atoms. The summed E-state index contributed by atoms with van der Waals surface area (Å²) in [6, 6.07) is 3.73. The molecule has 2 fully saturated rings. The van der Waals surface area contributed by atoms with E-state index >= 15 is 0 Å². The summed E-state index contributed by atoms with van der Waals surface area (Å²) in [7, 11) is 0. The van der Waals surface area contributed by atoms with Gasteiger partial charge in [-0.25, -0.2) is 14.1 Å². The van der Waals surface area contributed by atoms with E-state index in [4.69, 9.17) is 0 Å². The first-order valence-electron chi connectivity index (χ1n) is 8.77. The number of pyridine rings is 1. The number of nitrogens with one attached hydrogen (secondary N) is 1. The van der Waals surface area contributed by atoms with E-state index in [2.05, 4.69) is 15.4 Å². The number of hydrogen-bond acceptors (Lipinski definition) is 4. The molecule has 0 radical (unpaired) electrons. The van der Waals surface area contributed by atoms with Crippen LogP contribution in [0.1, 0.15) is 37.8 Å². The first kappa shape index (κ1) is 16.2. The Bertz CT molecular complexity index is 766. The Morgan fingerprint density at radius 3 is 2.68 bits per heavy atom. The van der Waals surface area contributed by atoms with Crippen molar-refractivity contribution in [1.29, 1.82) is 0 Å². The van der Waals surface area contributed by atoms with Gasteiger partial charge in [0.15, 0.2) is 11.6 Å². The summed E-state index contributed by atoms with van der Waals surface area (Å²) in [5.41, 5.74) is 0.815. The van der Waals surface area contributed by atoms with E-state index < -0.39 is 5.82 Å². The lowest BCUT2D eigenvalue weighted by molar-refractivity contribution is -0.139. The first-order valence-corrected chi connectivity index (χ1v) is 8.77. The van der Waals surface area contributed by atoms with E-state index in [1.807, 2.05) is 17.9 Å². The fourth-order valence-electron chi connectivity index (χ4n) is 3.97. The van der Waals surface area contributed by atoms with Gasteiger partial charge in [0.1, 0.15) is 0 Å². The monoisotopic (exact) mass is 343 g/mol. The zero-order chi connectivity index (χ0) is 17.4. The smallest absolute Gasteiger partial charge is 0.229 e. The number of nitrogens with zero attached hydrogens (tertiary/aromatic N) is 4. The van der Waals surface area contributed by atoms with Crippen LogP contribution in [0.4, 0.5) is 4.39 Å². The number of carbonyl (C=O) groups excluding carboxylic acids is 1. The molecule has 1 unspecified atom stereocenters. The van der Waals surface area contributed by atoms with Crippen molar-refractivity contribution in [2.75, 3.05) is 19.6 Å². The normalized spacial score (nSPS) is 21.0. The predicted octanol–water partition coefficient (Wildman–Crippen LogP) is 2.07. The Morgan fingerprint density at radius 1 is 1.24 bits per heavy atom. The van der Waals surface area contributed by atoms with Crippen molar-refractivity contribution < 1.29 is 9.18 Å². The Morgan fingerprint density at radius 2 is 2.04 bits per heavy atom. The molecule has 0 aromatic carbocycles. The minimum absolute atomic E-state index is 0.0160. The minimum Gasteiger partial charge on any atom is -0.335 e. The SMILES string of the molecule is CC(c1ccc(-n2cc(F)cn2)nc1)N1CCC2(CCNCC2)C1=O. The molecule has 0 saturated carbocycles. The van der Waals surface area contributed by atoms with Crippen LogP contribution in [0.15, 0.2) is 30.7 Å². The molecule has 4 rings (SSSR count). The van der Waals surface area contributed by atoms with Gasteiger partial charge in [0.25, 0.3) is 0 Å². The second-order valence-corrected chi connectivity index (χ2v) is 7.01. The maximum atomic E-state index is 13.1. The van der Waals surface area contributed by atoms with E-state index in [9.17, 15) is 9.18 Å². The van der Waals surface area contributed by atoms with Gasteiger partial charge in [-0.3, -0.25) is 4.79 Å². The average Bonchev–Trinajstić information content (AvgIpc) is 3.20. The summed E-state index contributed by atoms with van der Waals surface area (Å²) < 4.78 is 14.5. The van der Waals surface area contributed by atoms with Gasteiger partial charge in [0, 0.05) is 12.7 Å². The summed E-state index contributed by atoms with van der Waals surface area (Å²) in [5, 5.41) is 7.26. The highest BCUT2D eigenvalue weighted by Crippen LogP contribution is 2.42. The van der Waals surface area contributed by atoms with Crippen molar-refractivity contribution in [2.24, 2.45) is 5.41 Å². The maximum Gasteiger partial charge on any atom is 0.229 e. The van der Waals surface area contributed by atoms with Crippen LogP contribution in [0.25, 0.3) is 5.82 Å². The summed E-state index contributed by atoms with van der Waals surface area (Å²) in [6.45, 7) is 4.68. The lowest BCUT2D eigenvalue weighted by Crippen LogP contribution is -2.43. The van der Waals surface area contributed by atoms with Gasteiger partial charge in [-0.1, -0.05) is 6.07 Å². The van der Waals surface area contributed by atoms with Crippen LogP contribution in [0.5, 0.6) is 0 Å². The van der Waals surface area contributed by atoms with Gasteiger partial charge < -0.3 is 10.2 Å². The van der Waals surface area contributed by atoms with Crippen molar-refractivity contribution in [3.8, 4) is 5.82 Å². The minimum atomic E-state index is -0.394. The van der Waals surface area contributed by atoms with Crippen LogP contribution in [-0.4, -0.2) is 45.2 Å². The van der Waals surface area contributed by atoms with Gasteiger partial charge in [0.2, 0.25) is 5.91 Å². The molecule has 2 aromatic rings. The Labute approximate surface area is 146 Å². The number of amides is 1. The third kappa shape index (κ3) is 2.82. The van der Waals surface area contributed by atoms with E-state index in [1.165, 1.54) is 10.9 Å². The van der Waals surface area contributed by atoms with Crippen LogP contribution in [0, 0.1) is 11.2 Å². The molecule has 0 bridgehead atoms. The molecule has 1 amide bonds. The van der Waals surface area contributed by atoms with Crippen molar-refractivity contribution in [3.05, 3.63) is 42.1 Å². The summed E-state index contributed by atoms with van der Waals surface area (Å²) in [6.07, 6.45) is 6.99. The zero-order valence-corrected chi connectivity index (χ0v) is 14.3. The molecule has 2 aliphatic heterocycles. The number of piperidine rings is 1. The summed E-state index contributed by atoms with van der Waals surface area (Å²) in [5.74, 6) is 0.441. The molecular weight excluding hydrogens is 321 g/mol. The van der Waals surface area contributed by atoms with E-state index in [1.54, 1.807) is 12.3 Å². The van der Waals surface area contributed by atoms with Gasteiger partial charge in [0.05, 0.1) is 23.9 Å². The number of carbonyl (C=O) groups is 1. The highest BCUT2D eigenvalue weighted by Gasteiger charge is 2.48. The highest BCUT2D eigenvalue weighted by atomic mass is 19.1. The van der Waals surface area contributed by atoms with Gasteiger partial charge in [-0.2, -0.15) is 5.10 Å². The number of aromatic nitrogens is 3. The third-order valence-corrected chi connectivity index (χ3v) is 5.61. The summed E-state index contributed by atoms with van der Waals surface area (Å²) in [4.78, 5) is 19.4. The van der Waals surface area contributed by atoms with Crippen molar-refractivity contribution in [2.45, 2.75) is 32.2 Å². The summed E-state index contributed by atoms with van der Waals surface area (Å²) >= 11 is 0. The molecule has 1 atom stereocenters. The molecule has 6 nitrogen and oxygen atoms in total. The fourth-order valence-corrected chi connectivity index (χ4v) is 3.97. The van der Waals surface area contributed by atoms with Crippen molar-refractivity contribution >= 4 is 5.91 Å². The first-order chi connectivity index (χ1) is 12.1. The number of hydrogen-bond donors (Lipinski definition) is 1. The van der Waals surface area contributed by atoms with Gasteiger partial charge in [-0.15, -0.1) is 0 Å². The lowest BCUT2D eigenvalue weighted by Gasteiger charge is -2.33. The Kier molecular flexibility index (Phi) is 4.03. The molecule has 2 aliphatic rings. The molecule has 4 heterocycles. The van der Waals surface area contributed by atoms with Crippen LogP contribution in [0.2, 0.25) is 0 Å². The molecule has 1 N–H and O–H groups in total. The lowest BCUT2D eigenvalue weighted by atomic mass is 9.77. The molecule has 2 aromatic heterocycles. The molecule has 0 aliphatic carbocycles. The molecule has 25 heavy (non-hydrogen) atoms. The maximum absolute atomic E-state index is 13.1. The van der Waals surface area contributed by atoms with Crippen LogP contribution in [0.3, 0.4) is 0 Å². The average molecular weight is 343 g/mol. The second-order valence-electron chi connectivity index (χ2n) is 7.01. The number of halogens is 1. The molecule has 2 saturated heterocycles. The third-order valence-electron chi connectivity index (χ3n) is 5.61. The van der Waals surface area contributed by atoms with E-state index in [-0.39, 0.29) is 17.4 Å². The predicted molar refractivity (Wildman–Crippen MR) is 90.6 cm³/mol. The number of rotatable bonds is 3. The van der Waals surface area contributed by atoms with Crippen LogP contribution < -0.4 is 5.32 Å². The van der Waals surface area contributed by atoms with Crippen LogP contribution in [-0.2, 0) is 4.79 Å². The fraction of sp³-hybridized carbons (Fsp3) is 0.500. The largest absolute Gasteiger partial charge is 0.335 e.